The van der Waals surface area contributed by atoms with Crippen molar-refractivity contribution in [2.24, 2.45) is 0 Å². The molecule has 0 amide bonds. The number of benzene rings is 1. The number of pyridine rings is 2. The summed E-state index contributed by atoms with van der Waals surface area (Å²) in [5.41, 5.74) is -0.328. The Hall–Kier alpha value is -3.76. The number of aromatic carboxylic acids is 1. The van der Waals surface area contributed by atoms with Crippen LogP contribution in [0, 0.1) is 0 Å². The summed E-state index contributed by atoms with van der Waals surface area (Å²) in [6, 6.07) is 5.94. The van der Waals surface area contributed by atoms with Gasteiger partial charge in [-0.05, 0) is 24.3 Å². The second kappa shape index (κ2) is 9.71. The Kier molecular flexibility index (Phi) is 6.46. The van der Waals surface area contributed by atoms with Crippen LogP contribution >= 0.6 is 23.2 Å². The van der Waals surface area contributed by atoms with Gasteiger partial charge in [0.1, 0.15) is 23.4 Å². The molecule has 184 valence electrons. The molecule has 4 heterocycles. The van der Waals surface area contributed by atoms with E-state index in [1.54, 1.807) is 29.3 Å². The molecule has 1 aromatic carbocycles. The lowest BCUT2D eigenvalue weighted by Gasteiger charge is -2.28. The Morgan fingerprint density at radius 1 is 1.19 bits per heavy atom. The van der Waals surface area contributed by atoms with Gasteiger partial charge in [-0.1, -0.05) is 23.2 Å². The van der Waals surface area contributed by atoms with Crippen LogP contribution in [0.3, 0.4) is 0 Å². The molecule has 3 aromatic heterocycles. The fraction of sp³-hybridized carbons (Fsp3) is 0.208. The number of carboxylic acid groups (broad SMARTS) is 1. The highest BCUT2D eigenvalue weighted by Crippen LogP contribution is 2.36. The number of rotatable bonds is 6. The minimum absolute atomic E-state index is 0.0534. The molecule has 1 aliphatic rings. The predicted octanol–water partition coefficient (Wildman–Crippen LogP) is 4.18. The minimum Gasteiger partial charge on any atom is -0.477 e. The van der Waals surface area contributed by atoms with E-state index < -0.39 is 29.2 Å². The van der Waals surface area contributed by atoms with Gasteiger partial charge >= 0.3 is 5.97 Å². The fourth-order valence-corrected chi connectivity index (χ4v) is 4.73. The zero-order chi connectivity index (χ0) is 25.4. The quantitative estimate of drug-likeness (QED) is 0.396. The molecule has 5 rings (SSSR count). The number of aromatic nitrogens is 4. The van der Waals surface area contributed by atoms with Gasteiger partial charge in [0, 0.05) is 43.1 Å². The molecule has 0 unspecified atom stereocenters. The molecular weight excluding hydrogens is 512 g/mol. The summed E-state index contributed by atoms with van der Waals surface area (Å²) in [5.74, 6) is -0.846. The van der Waals surface area contributed by atoms with Crippen molar-refractivity contribution in [3.05, 3.63) is 81.1 Å². The number of fused-ring (bicyclic) bond motifs is 1. The van der Waals surface area contributed by atoms with Gasteiger partial charge in [-0.2, -0.15) is 0 Å². The lowest BCUT2D eigenvalue weighted by atomic mass is 10.1. The molecule has 0 aliphatic carbocycles. The zero-order valence-electron chi connectivity index (χ0n) is 18.5. The third-order valence-electron chi connectivity index (χ3n) is 5.91. The molecule has 0 radical (unpaired) electrons. The Morgan fingerprint density at radius 2 is 2.03 bits per heavy atom. The van der Waals surface area contributed by atoms with Gasteiger partial charge in [-0.15, -0.1) is 0 Å². The van der Waals surface area contributed by atoms with Gasteiger partial charge in [0.2, 0.25) is 11.3 Å². The fourth-order valence-electron chi connectivity index (χ4n) is 4.28. The summed E-state index contributed by atoms with van der Waals surface area (Å²) in [6.45, 7) is 0.151. The summed E-state index contributed by atoms with van der Waals surface area (Å²) in [7, 11) is 0. The molecule has 1 N–H and O–H groups in total. The topological polar surface area (TPSA) is 110 Å². The first-order valence-electron chi connectivity index (χ1n) is 10.9. The summed E-state index contributed by atoms with van der Waals surface area (Å²) in [6.07, 6.45) is 6.14. The molecule has 4 aromatic rings. The normalized spacial score (nSPS) is 17.5. The van der Waals surface area contributed by atoms with E-state index in [-0.39, 0.29) is 35.9 Å². The van der Waals surface area contributed by atoms with E-state index in [1.165, 1.54) is 35.4 Å². The van der Waals surface area contributed by atoms with E-state index in [1.807, 2.05) is 0 Å². The Balaban J connectivity index is 1.60. The van der Waals surface area contributed by atoms with Crippen molar-refractivity contribution < 1.29 is 19.0 Å². The second-order valence-electron chi connectivity index (χ2n) is 8.17. The monoisotopic (exact) mass is 529 g/mol. The molecule has 9 nitrogen and oxygen atoms in total. The summed E-state index contributed by atoms with van der Waals surface area (Å²) in [5, 5.41) is 10.2. The molecule has 0 bridgehead atoms. The number of hydrogen-bond donors (Lipinski definition) is 1. The summed E-state index contributed by atoms with van der Waals surface area (Å²) < 4.78 is 21.8. The summed E-state index contributed by atoms with van der Waals surface area (Å²) >= 11 is 12.7. The zero-order valence-corrected chi connectivity index (χ0v) is 20.0. The average Bonchev–Trinajstić information content (AvgIpc) is 3.24. The van der Waals surface area contributed by atoms with Crippen molar-refractivity contribution >= 4 is 45.8 Å². The third-order valence-corrected chi connectivity index (χ3v) is 6.50. The van der Waals surface area contributed by atoms with Crippen molar-refractivity contribution in [2.45, 2.75) is 18.6 Å². The van der Waals surface area contributed by atoms with Gasteiger partial charge in [0.25, 0.3) is 0 Å². The van der Waals surface area contributed by atoms with Crippen molar-refractivity contribution in [3.8, 4) is 11.7 Å². The van der Waals surface area contributed by atoms with Gasteiger partial charge in [-0.3, -0.25) is 14.3 Å². The third kappa shape index (κ3) is 4.45. The van der Waals surface area contributed by atoms with Crippen LogP contribution in [0.25, 0.3) is 16.7 Å². The van der Waals surface area contributed by atoms with Crippen LogP contribution in [0.2, 0.25) is 10.0 Å². The molecule has 1 saturated heterocycles. The molecule has 0 spiro atoms. The largest absolute Gasteiger partial charge is 0.477 e. The smallest absolute Gasteiger partial charge is 0.341 e. The first-order valence-corrected chi connectivity index (χ1v) is 11.6. The minimum atomic E-state index is -1.38. The van der Waals surface area contributed by atoms with Gasteiger partial charge < -0.3 is 14.7 Å². The van der Waals surface area contributed by atoms with Crippen LogP contribution in [0.1, 0.15) is 16.8 Å². The Morgan fingerprint density at radius 3 is 2.75 bits per heavy atom. The maximum absolute atomic E-state index is 14.6. The number of ether oxygens (including phenoxy) is 1. The first kappa shape index (κ1) is 24.0. The maximum Gasteiger partial charge on any atom is 0.341 e. The van der Waals surface area contributed by atoms with E-state index in [9.17, 15) is 19.1 Å². The Bertz CT molecular complexity index is 1520. The molecule has 1 aliphatic heterocycles. The SMILES string of the molecule is O=C(O)c1cn(-c2cnccn2)c2cc(N3C[C@@H](F)C[C@H]3COc3ncccc3Cl)c(Cl)cc2c1=O. The number of carboxylic acids is 1. The van der Waals surface area contributed by atoms with Crippen molar-refractivity contribution in [1.29, 1.82) is 0 Å². The standard InChI is InChI=1S/C24H18Cl2FN5O4/c25-17-2-1-3-30-23(17)36-12-14-6-13(27)10-31(14)20-8-19-15(7-18(20)26)22(33)16(24(34)35)11-32(19)21-9-28-4-5-29-21/h1-5,7-9,11,13-14H,6,10,12H2,(H,34,35)/t13-,14-/m0/s1. The molecule has 12 heteroatoms. The van der Waals surface area contributed by atoms with Crippen LogP contribution in [0.15, 0.2) is 60.0 Å². The lowest BCUT2D eigenvalue weighted by molar-refractivity contribution is 0.0695. The van der Waals surface area contributed by atoms with E-state index in [4.69, 9.17) is 27.9 Å². The predicted molar refractivity (Wildman–Crippen MR) is 132 cm³/mol. The highest BCUT2D eigenvalue weighted by atomic mass is 35.5. The van der Waals surface area contributed by atoms with Crippen LogP contribution in [0.5, 0.6) is 5.88 Å². The first-order chi connectivity index (χ1) is 17.3. The Labute approximate surface area is 213 Å². The molecule has 0 saturated carbocycles. The number of carbonyl (C=O) groups is 1. The van der Waals surface area contributed by atoms with Crippen LogP contribution in [0.4, 0.5) is 10.1 Å². The molecule has 36 heavy (non-hydrogen) atoms. The van der Waals surface area contributed by atoms with Gasteiger partial charge in [-0.25, -0.2) is 19.2 Å². The number of halogens is 3. The molecule has 1 fully saturated rings. The van der Waals surface area contributed by atoms with Crippen LogP contribution < -0.4 is 15.1 Å². The summed E-state index contributed by atoms with van der Waals surface area (Å²) in [4.78, 5) is 38.8. The van der Waals surface area contributed by atoms with E-state index in [0.717, 1.165) is 0 Å². The highest BCUT2D eigenvalue weighted by Gasteiger charge is 2.34. The number of anilines is 1. The van der Waals surface area contributed by atoms with Gasteiger partial charge in [0.15, 0.2) is 5.82 Å². The van der Waals surface area contributed by atoms with E-state index in [2.05, 4.69) is 15.0 Å². The number of alkyl halides is 1. The number of hydrogen-bond acceptors (Lipinski definition) is 7. The average molecular weight is 530 g/mol. The second-order valence-corrected chi connectivity index (χ2v) is 8.99. The van der Waals surface area contributed by atoms with Crippen molar-refractivity contribution in [2.75, 3.05) is 18.1 Å². The number of nitrogens with zero attached hydrogens (tertiary/aromatic N) is 5. The van der Waals surface area contributed by atoms with Crippen LogP contribution in [-0.2, 0) is 0 Å². The molecule has 2 atom stereocenters. The highest BCUT2D eigenvalue weighted by molar-refractivity contribution is 6.34. The van der Waals surface area contributed by atoms with Crippen LogP contribution in [-0.4, -0.2) is 56.0 Å². The maximum atomic E-state index is 14.6. The van der Waals surface area contributed by atoms with Crippen molar-refractivity contribution in [1.82, 2.24) is 19.5 Å². The van der Waals surface area contributed by atoms with Gasteiger partial charge in [0.05, 0.1) is 28.5 Å². The van der Waals surface area contributed by atoms with E-state index in [0.29, 0.717) is 22.0 Å². The molecular formula is C24H18Cl2FN5O4. The van der Waals surface area contributed by atoms with Crippen molar-refractivity contribution in [3.63, 3.8) is 0 Å². The lowest BCUT2D eigenvalue weighted by Crippen LogP contribution is -2.34. The van der Waals surface area contributed by atoms with E-state index >= 15 is 0 Å².